The number of thioether (sulfide) groups is 1. The quantitative estimate of drug-likeness (QED) is 0.318. The first-order valence-corrected chi connectivity index (χ1v) is 10.3. The van der Waals surface area contributed by atoms with E-state index in [9.17, 15) is 4.39 Å². The Hall–Kier alpha value is -2.03. The molecule has 1 aliphatic heterocycles. The molecule has 0 amide bonds. The number of nitrogens with zero attached hydrogens (tertiary/aromatic N) is 4. The number of anilines is 1. The van der Waals surface area contributed by atoms with Crippen LogP contribution in [0.3, 0.4) is 0 Å². The maximum Gasteiger partial charge on any atom is 0.190 e. The van der Waals surface area contributed by atoms with E-state index in [-0.39, 0.29) is 5.82 Å². The van der Waals surface area contributed by atoms with E-state index in [1.165, 1.54) is 34.3 Å². The molecule has 0 saturated heterocycles. The molecule has 0 fully saturated rings. The molecule has 3 aromatic rings. The van der Waals surface area contributed by atoms with Gasteiger partial charge in [0.05, 0.1) is 11.6 Å². The number of nitrogens with one attached hydrogen (secondary N) is 1. The normalized spacial score (nSPS) is 14.9. The Morgan fingerprint density at radius 1 is 1.31 bits per heavy atom. The largest absolute Gasteiger partial charge is 0.301 e. The lowest BCUT2D eigenvalue weighted by Crippen LogP contribution is -2.25. The van der Waals surface area contributed by atoms with E-state index in [1.807, 2.05) is 6.26 Å². The van der Waals surface area contributed by atoms with Gasteiger partial charge in [-0.2, -0.15) is 5.10 Å². The summed E-state index contributed by atoms with van der Waals surface area (Å²) in [6.45, 7) is 1.98. The van der Waals surface area contributed by atoms with Crippen molar-refractivity contribution in [2.75, 3.05) is 25.3 Å². The molecule has 0 unspecified atom stereocenters. The number of fused-ring (bicyclic) bond motifs is 3. The molecule has 0 bridgehead atoms. The predicted octanol–water partition coefficient (Wildman–Crippen LogP) is 3.99. The minimum atomic E-state index is -0.257. The third kappa shape index (κ3) is 3.44. The van der Waals surface area contributed by atoms with Crippen LogP contribution in [0, 0.1) is 5.82 Å². The summed E-state index contributed by atoms with van der Waals surface area (Å²) in [5, 5.41) is 6.11. The highest BCUT2D eigenvalue weighted by Gasteiger charge is 2.22. The average molecular weight is 388 g/mol. The monoisotopic (exact) mass is 387 g/mol. The molecular weight excluding hydrogens is 369 g/mol. The zero-order valence-corrected chi connectivity index (χ0v) is 16.1. The van der Waals surface area contributed by atoms with Gasteiger partial charge in [-0.05, 0) is 43.0 Å². The van der Waals surface area contributed by atoms with Crippen molar-refractivity contribution in [1.29, 1.82) is 0 Å². The van der Waals surface area contributed by atoms with Crippen molar-refractivity contribution in [2.24, 2.45) is 5.10 Å². The molecule has 2 aromatic heterocycles. The van der Waals surface area contributed by atoms with Gasteiger partial charge < -0.3 is 4.90 Å². The Bertz CT molecular complexity index is 968. The molecule has 1 aliphatic rings. The van der Waals surface area contributed by atoms with Crippen LogP contribution in [0.1, 0.15) is 16.0 Å². The lowest BCUT2D eigenvalue weighted by atomic mass is 10.1. The Morgan fingerprint density at radius 3 is 2.88 bits per heavy atom. The van der Waals surface area contributed by atoms with E-state index >= 15 is 0 Å². The fourth-order valence-corrected chi connectivity index (χ4v) is 4.71. The number of hydrogen-bond donors (Lipinski definition) is 1. The SMILES string of the molecule is CSc1nc(N/N=C/c2ccc(F)cc2)c2c3c(sc2n1)CN(C)CC3. The standard InChI is InChI=1S/C18H18FN5S2/c1-24-8-7-13-14(10-24)26-17-15(13)16(21-18(22-17)25-2)23-20-9-11-3-5-12(19)6-4-11/h3-6,9H,7-8,10H2,1-2H3,(H,21,22,23)/b20-9+. The molecule has 0 spiro atoms. The number of hydrazone groups is 1. The van der Waals surface area contributed by atoms with Crippen LogP contribution in [0.25, 0.3) is 10.2 Å². The third-order valence-corrected chi connectivity index (χ3v) is 5.97. The lowest BCUT2D eigenvalue weighted by Gasteiger charge is -2.22. The minimum absolute atomic E-state index is 0.257. The molecule has 0 aliphatic carbocycles. The second-order valence-corrected chi connectivity index (χ2v) is 8.01. The Balaban J connectivity index is 1.69. The highest BCUT2D eigenvalue weighted by Crippen LogP contribution is 2.38. The van der Waals surface area contributed by atoms with Gasteiger partial charge in [0, 0.05) is 18.0 Å². The molecular formula is C18H18FN5S2. The Kier molecular flexibility index (Phi) is 4.88. The summed E-state index contributed by atoms with van der Waals surface area (Å²) in [7, 11) is 2.14. The molecule has 0 saturated carbocycles. The summed E-state index contributed by atoms with van der Waals surface area (Å²) in [5.41, 5.74) is 5.23. The van der Waals surface area contributed by atoms with Crippen LogP contribution in [-0.2, 0) is 13.0 Å². The average Bonchev–Trinajstić information content (AvgIpc) is 3.00. The molecule has 26 heavy (non-hydrogen) atoms. The topological polar surface area (TPSA) is 53.4 Å². The number of hydrogen-bond acceptors (Lipinski definition) is 7. The Morgan fingerprint density at radius 2 is 2.12 bits per heavy atom. The van der Waals surface area contributed by atoms with Crippen molar-refractivity contribution in [3.8, 4) is 0 Å². The van der Waals surface area contributed by atoms with Gasteiger partial charge in [-0.3, -0.25) is 5.43 Å². The first-order chi connectivity index (χ1) is 12.6. The highest BCUT2D eigenvalue weighted by molar-refractivity contribution is 7.98. The van der Waals surface area contributed by atoms with E-state index in [1.54, 1.807) is 29.7 Å². The van der Waals surface area contributed by atoms with Gasteiger partial charge >= 0.3 is 0 Å². The molecule has 4 rings (SSSR count). The number of thiophene rings is 1. The van der Waals surface area contributed by atoms with E-state index in [4.69, 9.17) is 0 Å². The number of likely N-dealkylation sites (N-methyl/N-ethyl adjacent to an activating group) is 1. The van der Waals surface area contributed by atoms with E-state index < -0.39 is 0 Å². The van der Waals surface area contributed by atoms with E-state index in [0.29, 0.717) is 0 Å². The van der Waals surface area contributed by atoms with Crippen LogP contribution in [0.2, 0.25) is 0 Å². The predicted molar refractivity (Wildman–Crippen MR) is 107 cm³/mol. The smallest absolute Gasteiger partial charge is 0.190 e. The van der Waals surface area contributed by atoms with E-state index in [0.717, 1.165) is 46.3 Å². The molecule has 134 valence electrons. The number of halogens is 1. The van der Waals surface area contributed by atoms with Crippen LogP contribution in [0.5, 0.6) is 0 Å². The number of benzene rings is 1. The Labute approximate surface area is 159 Å². The first kappa shape index (κ1) is 17.4. The van der Waals surface area contributed by atoms with Gasteiger partial charge in [0.1, 0.15) is 10.6 Å². The van der Waals surface area contributed by atoms with Crippen LogP contribution < -0.4 is 5.43 Å². The summed E-state index contributed by atoms with van der Waals surface area (Å²) >= 11 is 3.26. The summed E-state index contributed by atoms with van der Waals surface area (Å²) in [4.78, 5) is 14.0. The van der Waals surface area contributed by atoms with Crippen LogP contribution in [-0.4, -0.2) is 40.9 Å². The van der Waals surface area contributed by atoms with Gasteiger partial charge in [0.2, 0.25) is 0 Å². The molecule has 0 atom stereocenters. The van der Waals surface area contributed by atoms with E-state index in [2.05, 4.69) is 32.4 Å². The van der Waals surface area contributed by atoms with Gasteiger partial charge in [-0.15, -0.1) is 11.3 Å². The fraction of sp³-hybridized carbons (Fsp3) is 0.278. The van der Waals surface area contributed by atoms with Crippen molar-refractivity contribution in [3.05, 3.63) is 46.1 Å². The maximum absolute atomic E-state index is 13.0. The van der Waals surface area contributed by atoms with Crippen molar-refractivity contribution in [3.63, 3.8) is 0 Å². The molecule has 3 heterocycles. The molecule has 8 heteroatoms. The van der Waals surface area contributed by atoms with Crippen LogP contribution >= 0.6 is 23.1 Å². The summed E-state index contributed by atoms with van der Waals surface area (Å²) in [5.74, 6) is 0.479. The third-order valence-electron chi connectivity index (χ3n) is 4.31. The minimum Gasteiger partial charge on any atom is -0.301 e. The van der Waals surface area contributed by atoms with Crippen molar-refractivity contribution in [2.45, 2.75) is 18.1 Å². The fourth-order valence-electron chi connectivity index (χ4n) is 2.99. The first-order valence-electron chi connectivity index (χ1n) is 8.23. The highest BCUT2D eigenvalue weighted by atomic mass is 32.2. The van der Waals surface area contributed by atoms with Crippen molar-refractivity contribution in [1.82, 2.24) is 14.9 Å². The lowest BCUT2D eigenvalue weighted by molar-refractivity contribution is 0.318. The zero-order chi connectivity index (χ0) is 18.1. The summed E-state index contributed by atoms with van der Waals surface area (Å²) in [6, 6.07) is 6.21. The second kappa shape index (κ2) is 7.30. The second-order valence-electron chi connectivity index (χ2n) is 6.15. The van der Waals surface area contributed by atoms with Crippen molar-refractivity contribution < 1.29 is 4.39 Å². The van der Waals surface area contributed by atoms with Gasteiger partial charge in [0.15, 0.2) is 11.0 Å². The number of rotatable bonds is 4. The zero-order valence-electron chi connectivity index (χ0n) is 14.5. The summed E-state index contributed by atoms with van der Waals surface area (Å²) < 4.78 is 13.0. The van der Waals surface area contributed by atoms with Crippen LogP contribution in [0.4, 0.5) is 10.2 Å². The maximum atomic E-state index is 13.0. The molecule has 1 aromatic carbocycles. The molecule has 5 nitrogen and oxygen atoms in total. The number of aromatic nitrogens is 2. The molecule has 0 radical (unpaired) electrons. The summed E-state index contributed by atoms with van der Waals surface area (Å²) in [6.07, 6.45) is 4.62. The van der Waals surface area contributed by atoms with Gasteiger partial charge in [-0.1, -0.05) is 23.9 Å². The van der Waals surface area contributed by atoms with Gasteiger partial charge in [-0.25, -0.2) is 14.4 Å². The van der Waals surface area contributed by atoms with Crippen molar-refractivity contribution >= 4 is 45.3 Å². The molecule has 1 N–H and O–H groups in total. The van der Waals surface area contributed by atoms with Crippen LogP contribution in [0.15, 0.2) is 34.5 Å². The van der Waals surface area contributed by atoms with Gasteiger partial charge in [0.25, 0.3) is 0 Å².